The molecule has 0 amide bonds. The van der Waals surface area contributed by atoms with E-state index < -0.39 is 22.5 Å². The van der Waals surface area contributed by atoms with Crippen molar-refractivity contribution in [3.05, 3.63) is 70.8 Å². The molecule has 5 heteroatoms. The third-order valence-electron chi connectivity index (χ3n) is 5.22. The lowest BCUT2D eigenvalue weighted by molar-refractivity contribution is -0.299. The molecule has 1 fully saturated rings. The third-order valence-corrected chi connectivity index (χ3v) is 5.43. The van der Waals surface area contributed by atoms with Crippen molar-refractivity contribution < 1.29 is 14.9 Å². The first-order valence-corrected chi connectivity index (χ1v) is 8.68. The highest BCUT2D eigenvalue weighted by Crippen LogP contribution is 2.51. The first-order chi connectivity index (χ1) is 11.6. The van der Waals surface area contributed by atoms with Crippen LogP contribution >= 0.6 is 11.6 Å². The van der Waals surface area contributed by atoms with E-state index in [1.807, 2.05) is 62.4 Å². The Hall–Kier alpha value is -1.43. The molecule has 4 atom stereocenters. The monoisotopic (exact) mass is 361 g/mol. The molecule has 1 saturated heterocycles. The zero-order valence-electron chi connectivity index (χ0n) is 14.7. The van der Waals surface area contributed by atoms with Gasteiger partial charge in [-0.2, -0.15) is 0 Å². The van der Waals surface area contributed by atoms with Crippen LogP contribution in [0.15, 0.2) is 48.5 Å². The number of rotatable bonds is 2. The highest BCUT2D eigenvalue weighted by Gasteiger charge is 2.60. The largest absolute Gasteiger partial charge is 0.387 e. The Labute approximate surface area is 153 Å². The van der Waals surface area contributed by atoms with E-state index in [0.29, 0.717) is 0 Å². The van der Waals surface area contributed by atoms with Crippen LogP contribution in [0.3, 0.4) is 0 Å². The van der Waals surface area contributed by atoms with Gasteiger partial charge in [0.1, 0.15) is 11.7 Å². The maximum Gasteiger partial charge on any atom is 0.248 e. The first kappa shape index (κ1) is 18.4. The maximum atomic E-state index is 11.3. The molecular weight excluding hydrogens is 338 g/mol. The van der Waals surface area contributed by atoms with Crippen LogP contribution in [-0.4, -0.2) is 21.6 Å². The molecule has 0 aromatic heterocycles. The van der Waals surface area contributed by atoms with Crippen LogP contribution in [0.2, 0.25) is 0 Å². The normalized spacial score (nSPS) is 35.6. The number of aliphatic hydroxyl groups excluding tert-OH is 1. The summed E-state index contributed by atoms with van der Waals surface area (Å²) in [6, 6.07) is 15.1. The second-order valence-corrected chi connectivity index (χ2v) is 7.74. The summed E-state index contributed by atoms with van der Waals surface area (Å²) < 4.78 is 5.79. The Morgan fingerprint density at radius 2 is 1.52 bits per heavy atom. The van der Waals surface area contributed by atoms with Crippen LogP contribution < -0.4 is 5.73 Å². The van der Waals surface area contributed by atoms with Gasteiger partial charge in [-0.25, -0.2) is 0 Å². The van der Waals surface area contributed by atoms with E-state index in [1.165, 1.54) is 0 Å². The van der Waals surface area contributed by atoms with E-state index >= 15 is 0 Å². The number of benzene rings is 2. The Bertz CT molecular complexity index is 731. The standard InChI is InChI=1S/C20H24ClNO3/c1-13-8-4-6-10-15(13)18(3)17(23)19(22,12-20(21,24)25-18)16-11-7-5-9-14(16)2/h4-11,17,23-24H,12,22H2,1-3H3/t17-,18+,19-,20?/m0/s1. The summed E-state index contributed by atoms with van der Waals surface area (Å²) in [7, 11) is 0. The van der Waals surface area contributed by atoms with Crippen molar-refractivity contribution in [2.75, 3.05) is 0 Å². The second-order valence-electron chi connectivity index (χ2n) is 7.15. The van der Waals surface area contributed by atoms with Gasteiger partial charge in [0.15, 0.2) is 0 Å². The molecule has 1 aliphatic rings. The fourth-order valence-corrected chi connectivity index (χ4v) is 4.42. The summed E-state index contributed by atoms with van der Waals surface area (Å²) >= 11 is 6.25. The van der Waals surface area contributed by atoms with E-state index in [4.69, 9.17) is 22.1 Å². The van der Waals surface area contributed by atoms with Gasteiger partial charge in [0.05, 0.1) is 5.54 Å². The zero-order valence-corrected chi connectivity index (χ0v) is 15.4. The lowest BCUT2D eigenvalue weighted by atomic mass is 9.69. The fraction of sp³-hybridized carbons (Fsp3) is 0.400. The van der Waals surface area contributed by atoms with E-state index in [0.717, 1.165) is 22.3 Å². The predicted octanol–water partition coefficient (Wildman–Crippen LogP) is 3.04. The highest BCUT2D eigenvalue weighted by atomic mass is 35.5. The molecule has 0 radical (unpaired) electrons. The molecule has 25 heavy (non-hydrogen) atoms. The predicted molar refractivity (Wildman–Crippen MR) is 98.1 cm³/mol. The summed E-state index contributed by atoms with van der Waals surface area (Å²) in [5.74, 6) is 0. The van der Waals surface area contributed by atoms with E-state index in [9.17, 15) is 10.2 Å². The van der Waals surface area contributed by atoms with Gasteiger partial charge in [0.25, 0.3) is 0 Å². The molecule has 0 saturated carbocycles. The smallest absolute Gasteiger partial charge is 0.248 e. The van der Waals surface area contributed by atoms with Gasteiger partial charge in [0, 0.05) is 6.42 Å². The van der Waals surface area contributed by atoms with Gasteiger partial charge < -0.3 is 20.7 Å². The van der Waals surface area contributed by atoms with Gasteiger partial charge in [-0.05, 0) is 43.0 Å². The summed E-state index contributed by atoms with van der Waals surface area (Å²) in [6.07, 6.45) is -1.24. The minimum Gasteiger partial charge on any atom is -0.387 e. The zero-order chi connectivity index (χ0) is 18.5. The van der Waals surface area contributed by atoms with Crippen LogP contribution in [0.4, 0.5) is 0 Å². The van der Waals surface area contributed by atoms with Crippen LogP contribution in [0, 0.1) is 13.8 Å². The first-order valence-electron chi connectivity index (χ1n) is 8.31. The van der Waals surface area contributed by atoms with Crippen molar-refractivity contribution >= 4 is 11.6 Å². The number of hydrogen-bond donors (Lipinski definition) is 3. The van der Waals surface area contributed by atoms with Crippen molar-refractivity contribution in [1.82, 2.24) is 0 Å². The van der Waals surface area contributed by atoms with Gasteiger partial charge in [-0.1, -0.05) is 60.1 Å². The Balaban J connectivity index is 2.20. The number of nitrogens with two attached hydrogens (primary N) is 1. The summed E-state index contributed by atoms with van der Waals surface area (Å²) in [4.78, 5) is 0. The SMILES string of the molecule is Cc1ccccc1[C@@]1(N)CC(O)(Cl)O[C@](C)(c2ccccc2C)[C@@H]1O. The molecule has 1 unspecified atom stereocenters. The van der Waals surface area contributed by atoms with Crippen molar-refractivity contribution in [2.24, 2.45) is 5.73 Å². The van der Waals surface area contributed by atoms with Crippen molar-refractivity contribution in [3.8, 4) is 0 Å². The number of alkyl halides is 1. The topological polar surface area (TPSA) is 75.7 Å². The minimum absolute atomic E-state index is 0.130. The Morgan fingerprint density at radius 3 is 2.04 bits per heavy atom. The van der Waals surface area contributed by atoms with Crippen molar-refractivity contribution in [3.63, 3.8) is 0 Å². The van der Waals surface area contributed by atoms with Crippen LogP contribution in [0.5, 0.6) is 0 Å². The van der Waals surface area contributed by atoms with Gasteiger partial charge >= 0.3 is 0 Å². The third kappa shape index (κ3) is 2.98. The second kappa shape index (κ2) is 6.08. The van der Waals surface area contributed by atoms with Crippen LogP contribution in [0.25, 0.3) is 0 Å². The number of ether oxygens (including phenoxy) is 1. The Morgan fingerprint density at radius 1 is 1.04 bits per heavy atom. The molecule has 0 spiro atoms. The average molecular weight is 362 g/mol. The molecule has 1 aliphatic heterocycles. The van der Waals surface area contributed by atoms with Gasteiger partial charge in [-0.15, -0.1) is 0 Å². The number of aryl methyl sites for hydroxylation is 2. The lowest BCUT2D eigenvalue weighted by Gasteiger charge is -2.53. The highest BCUT2D eigenvalue weighted by molar-refractivity contribution is 6.21. The molecule has 1 heterocycles. The number of halogens is 1. The average Bonchev–Trinajstić information content (AvgIpc) is 2.52. The molecule has 4 nitrogen and oxygen atoms in total. The van der Waals surface area contributed by atoms with E-state index in [1.54, 1.807) is 6.92 Å². The summed E-state index contributed by atoms with van der Waals surface area (Å²) in [5.41, 5.74) is 7.48. The maximum absolute atomic E-state index is 11.3. The van der Waals surface area contributed by atoms with Gasteiger partial charge in [0.2, 0.25) is 5.25 Å². The van der Waals surface area contributed by atoms with Crippen molar-refractivity contribution in [2.45, 2.75) is 49.7 Å². The number of hydrogen-bond acceptors (Lipinski definition) is 4. The number of aliphatic hydroxyl groups is 2. The van der Waals surface area contributed by atoms with Crippen molar-refractivity contribution in [1.29, 1.82) is 0 Å². The molecule has 0 bridgehead atoms. The van der Waals surface area contributed by atoms with E-state index in [-0.39, 0.29) is 6.42 Å². The van der Waals surface area contributed by atoms with Crippen LogP contribution in [-0.2, 0) is 15.9 Å². The molecule has 134 valence electrons. The fourth-order valence-electron chi connectivity index (χ4n) is 4.04. The summed E-state index contributed by atoms with van der Waals surface area (Å²) in [6.45, 7) is 5.56. The Kier molecular flexibility index (Phi) is 4.46. The van der Waals surface area contributed by atoms with Gasteiger partial charge in [-0.3, -0.25) is 0 Å². The minimum atomic E-state index is -1.99. The van der Waals surface area contributed by atoms with Crippen LogP contribution in [0.1, 0.15) is 35.6 Å². The molecule has 2 aromatic rings. The molecule has 0 aliphatic carbocycles. The lowest BCUT2D eigenvalue weighted by Crippen LogP contribution is -2.66. The molecule has 3 rings (SSSR count). The molecule has 2 aromatic carbocycles. The summed E-state index contributed by atoms with van der Waals surface area (Å²) in [5, 5.41) is 19.9. The molecule has 4 N–H and O–H groups in total. The quantitative estimate of drug-likeness (QED) is 0.719. The van der Waals surface area contributed by atoms with E-state index in [2.05, 4.69) is 0 Å². The molecular formula is C20H24ClNO3.